The smallest absolute Gasteiger partial charge is 0.236 e. The van der Waals surface area contributed by atoms with Gasteiger partial charge in [-0.2, -0.15) is 0 Å². The van der Waals surface area contributed by atoms with Crippen molar-refractivity contribution < 1.29 is 9.53 Å². The molecule has 134 valence electrons. The minimum absolute atomic E-state index is 0.232. The molecule has 0 aliphatic carbocycles. The highest BCUT2D eigenvalue weighted by molar-refractivity contribution is 5.78. The van der Waals surface area contributed by atoms with E-state index in [0.29, 0.717) is 26.3 Å². The fraction of sp³-hybridized carbons (Fsp3) is 0.611. The predicted molar refractivity (Wildman–Crippen MR) is 93.3 cm³/mol. The molecule has 0 aromatic carbocycles. The SMILES string of the molecule is O=C(CN1CCCC1)N1CCOCC(Cc2cn3ccnc3cn2)C1. The lowest BCUT2D eigenvalue weighted by Gasteiger charge is -2.25. The normalized spacial score (nSPS) is 22.4. The van der Waals surface area contributed by atoms with E-state index in [9.17, 15) is 4.79 Å². The second kappa shape index (κ2) is 7.49. The topological polar surface area (TPSA) is 63.0 Å². The minimum atomic E-state index is 0.232. The van der Waals surface area contributed by atoms with Crippen LogP contribution in [0.4, 0.5) is 0 Å². The van der Waals surface area contributed by atoms with Crippen LogP contribution in [0.25, 0.3) is 5.65 Å². The van der Waals surface area contributed by atoms with Gasteiger partial charge in [0.2, 0.25) is 5.91 Å². The zero-order chi connectivity index (χ0) is 17.1. The summed E-state index contributed by atoms with van der Waals surface area (Å²) in [5.41, 5.74) is 1.86. The number of amides is 1. The summed E-state index contributed by atoms with van der Waals surface area (Å²) >= 11 is 0. The van der Waals surface area contributed by atoms with Gasteiger partial charge in [0.05, 0.1) is 31.6 Å². The molecule has 7 nitrogen and oxygen atoms in total. The zero-order valence-corrected chi connectivity index (χ0v) is 14.5. The summed E-state index contributed by atoms with van der Waals surface area (Å²) < 4.78 is 7.73. The summed E-state index contributed by atoms with van der Waals surface area (Å²) in [7, 11) is 0. The first-order valence-corrected chi connectivity index (χ1v) is 9.13. The lowest BCUT2D eigenvalue weighted by molar-refractivity contribution is -0.132. The number of rotatable bonds is 4. The molecule has 0 N–H and O–H groups in total. The van der Waals surface area contributed by atoms with E-state index in [1.54, 1.807) is 12.4 Å². The molecule has 2 aliphatic heterocycles. The highest BCUT2D eigenvalue weighted by Gasteiger charge is 2.25. The average Bonchev–Trinajstić information content (AvgIpc) is 3.23. The fourth-order valence-corrected chi connectivity index (χ4v) is 3.73. The molecule has 0 bridgehead atoms. The van der Waals surface area contributed by atoms with Gasteiger partial charge in [-0.1, -0.05) is 0 Å². The molecule has 2 aliphatic rings. The number of ether oxygens (including phenoxy) is 1. The summed E-state index contributed by atoms with van der Waals surface area (Å²) in [6, 6.07) is 0. The molecule has 0 spiro atoms. The van der Waals surface area contributed by atoms with Crippen molar-refractivity contribution in [2.45, 2.75) is 19.3 Å². The average molecular weight is 343 g/mol. The lowest BCUT2D eigenvalue weighted by atomic mass is 10.0. The van der Waals surface area contributed by atoms with Gasteiger partial charge in [-0.25, -0.2) is 4.98 Å². The van der Waals surface area contributed by atoms with Crippen molar-refractivity contribution in [2.75, 3.05) is 45.9 Å². The van der Waals surface area contributed by atoms with Gasteiger partial charge in [-0.05, 0) is 32.4 Å². The maximum absolute atomic E-state index is 12.6. The van der Waals surface area contributed by atoms with Gasteiger partial charge >= 0.3 is 0 Å². The molecule has 1 atom stereocenters. The largest absolute Gasteiger partial charge is 0.379 e. The molecular formula is C18H25N5O2. The number of nitrogens with zero attached hydrogens (tertiary/aromatic N) is 5. The van der Waals surface area contributed by atoms with Crippen molar-refractivity contribution >= 4 is 11.6 Å². The Balaban J connectivity index is 1.39. The number of carbonyl (C=O) groups is 1. The van der Waals surface area contributed by atoms with Crippen LogP contribution in [0, 0.1) is 5.92 Å². The standard InChI is InChI=1S/C18H25N5O2/c24-18(13-21-4-1-2-5-21)23-7-8-25-14-15(11-23)9-16-12-22-6-3-19-17(22)10-20-16/h3,6,10,12,15H,1-2,4-5,7-9,11,13-14H2. The third-order valence-corrected chi connectivity index (χ3v) is 5.08. The molecule has 0 radical (unpaired) electrons. The van der Waals surface area contributed by atoms with Gasteiger partial charge in [0.25, 0.3) is 0 Å². The second-order valence-electron chi connectivity index (χ2n) is 7.04. The number of hydrogen-bond acceptors (Lipinski definition) is 5. The maximum Gasteiger partial charge on any atom is 0.236 e. The third-order valence-electron chi connectivity index (χ3n) is 5.08. The molecule has 2 fully saturated rings. The molecule has 4 heterocycles. The van der Waals surface area contributed by atoms with Gasteiger partial charge in [0.15, 0.2) is 5.65 Å². The molecule has 2 aromatic heterocycles. The van der Waals surface area contributed by atoms with E-state index in [2.05, 4.69) is 14.9 Å². The highest BCUT2D eigenvalue weighted by Crippen LogP contribution is 2.15. The first-order valence-electron chi connectivity index (χ1n) is 9.13. The Hall–Kier alpha value is -1.99. The van der Waals surface area contributed by atoms with Crippen molar-refractivity contribution in [2.24, 2.45) is 5.92 Å². The van der Waals surface area contributed by atoms with Gasteiger partial charge in [-0.3, -0.25) is 14.7 Å². The fourth-order valence-electron chi connectivity index (χ4n) is 3.73. The van der Waals surface area contributed by atoms with Crippen LogP contribution >= 0.6 is 0 Å². The van der Waals surface area contributed by atoms with Crippen LogP contribution in [0.3, 0.4) is 0 Å². The third kappa shape index (κ3) is 3.99. The number of carbonyl (C=O) groups excluding carboxylic acids is 1. The first-order chi connectivity index (χ1) is 12.3. The van der Waals surface area contributed by atoms with Gasteiger partial charge in [-0.15, -0.1) is 0 Å². The number of likely N-dealkylation sites (tertiary alicyclic amines) is 1. The molecule has 0 saturated carbocycles. The molecule has 4 rings (SSSR count). The molecule has 1 unspecified atom stereocenters. The van der Waals surface area contributed by atoms with Crippen LogP contribution in [0.2, 0.25) is 0 Å². The van der Waals surface area contributed by atoms with Crippen molar-refractivity contribution in [3.05, 3.63) is 30.5 Å². The van der Waals surface area contributed by atoms with E-state index in [1.165, 1.54) is 12.8 Å². The molecule has 2 saturated heterocycles. The van der Waals surface area contributed by atoms with E-state index >= 15 is 0 Å². The van der Waals surface area contributed by atoms with Crippen LogP contribution in [0.5, 0.6) is 0 Å². The van der Waals surface area contributed by atoms with Crippen molar-refractivity contribution in [1.29, 1.82) is 0 Å². The maximum atomic E-state index is 12.6. The molecule has 25 heavy (non-hydrogen) atoms. The Kier molecular flexibility index (Phi) is 4.94. The summed E-state index contributed by atoms with van der Waals surface area (Å²) in [6.45, 7) is 5.38. The van der Waals surface area contributed by atoms with Gasteiger partial charge in [0.1, 0.15) is 0 Å². The number of imidazole rings is 1. The van der Waals surface area contributed by atoms with Crippen molar-refractivity contribution in [3.8, 4) is 0 Å². The van der Waals surface area contributed by atoms with Gasteiger partial charge in [0, 0.05) is 37.6 Å². The van der Waals surface area contributed by atoms with Gasteiger partial charge < -0.3 is 14.0 Å². The molecule has 2 aromatic rings. The van der Waals surface area contributed by atoms with Crippen LogP contribution in [0.15, 0.2) is 24.8 Å². The first kappa shape index (κ1) is 16.5. The van der Waals surface area contributed by atoms with E-state index in [1.807, 2.05) is 21.7 Å². The lowest BCUT2D eigenvalue weighted by Crippen LogP contribution is -2.42. The Morgan fingerprint density at radius 3 is 3.00 bits per heavy atom. The quantitative estimate of drug-likeness (QED) is 0.823. The predicted octanol–water partition coefficient (Wildman–Crippen LogP) is 0.843. The Morgan fingerprint density at radius 1 is 1.24 bits per heavy atom. The van der Waals surface area contributed by atoms with Crippen LogP contribution in [-0.4, -0.2) is 76.0 Å². The van der Waals surface area contributed by atoms with E-state index in [4.69, 9.17) is 4.74 Å². The van der Waals surface area contributed by atoms with E-state index in [-0.39, 0.29) is 11.8 Å². The zero-order valence-electron chi connectivity index (χ0n) is 14.5. The summed E-state index contributed by atoms with van der Waals surface area (Å²) in [4.78, 5) is 25.6. The monoisotopic (exact) mass is 343 g/mol. The molecule has 7 heteroatoms. The minimum Gasteiger partial charge on any atom is -0.379 e. The summed E-state index contributed by atoms with van der Waals surface area (Å²) in [5, 5.41) is 0. The summed E-state index contributed by atoms with van der Waals surface area (Å²) in [5.74, 6) is 0.508. The second-order valence-corrected chi connectivity index (χ2v) is 7.04. The van der Waals surface area contributed by atoms with E-state index < -0.39 is 0 Å². The Bertz CT molecular complexity index is 725. The van der Waals surface area contributed by atoms with E-state index in [0.717, 1.165) is 37.4 Å². The molecule has 1 amide bonds. The number of fused-ring (bicyclic) bond motifs is 1. The van der Waals surface area contributed by atoms with Crippen molar-refractivity contribution in [1.82, 2.24) is 24.2 Å². The Morgan fingerprint density at radius 2 is 2.12 bits per heavy atom. The van der Waals surface area contributed by atoms with Crippen LogP contribution in [-0.2, 0) is 16.0 Å². The summed E-state index contributed by atoms with van der Waals surface area (Å²) in [6.07, 6.45) is 10.7. The highest BCUT2D eigenvalue weighted by atomic mass is 16.5. The number of aromatic nitrogens is 3. The van der Waals surface area contributed by atoms with Crippen molar-refractivity contribution in [3.63, 3.8) is 0 Å². The molecular weight excluding hydrogens is 318 g/mol. The number of hydrogen-bond donors (Lipinski definition) is 0. The van der Waals surface area contributed by atoms with Crippen LogP contribution < -0.4 is 0 Å². The van der Waals surface area contributed by atoms with Crippen LogP contribution in [0.1, 0.15) is 18.5 Å². The Labute approximate surface area is 147 Å².